The van der Waals surface area contributed by atoms with Crippen LogP contribution in [0.3, 0.4) is 0 Å². The second kappa shape index (κ2) is 13.3. The van der Waals surface area contributed by atoms with Crippen molar-refractivity contribution < 1.29 is 9.18 Å². The normalized spacial score (nSPS) is 8.05. The van der Waals surface area contributed by atoms with E-state index in [1.165, 1.54) is 25.1 Å². The highest BCUT2D eigenvalue weighted by Crippen LogP contribution is 2.15. The predicted molar refractivity (Wildman–Crippen MR) is 81.0 cm³/mol. The Morgan fingerprint density at radius 1 is 1.25 bits per heavy atom. The SMILES string of the molecule is CC.CC.CC(=O)NCCNc1ccc(F)cc1C#N. The number of carbonyl (C=O) groups excluding carboxylic acids is 1. The molecular weight excluding hydrogens is 257 g/mol. The van der Waals surface area contributed by atoms with E-state index in [9.17, 15) is 9.18 Å². The summed E-state index contributed by atoms with van der Waals surface area (Å²) in [5.74, 6) is -0.551. The topological polar surface area (TPSA) is 64.9 Å². The third-order valence-corrected chi connectivity index (χ3v) is 1.92. The van der Waals surface area contributed by atoms with Gasteiger partial charge in [-0.25, -0.2) is 4.39 Å². The fourth-order valence-electron chi connectivity index (χ4n) is 1.20. The molecule has 1 aromatic carbocycles. The van der Waals surface area contributed by atoms with Gasteiger partial charge in [0.25, 0.3) is 0 Å². The smallest absolute Gasteiger partial charge is 0.216 e. The molecule has 0 aromatic heterocycles. The summed E-state index contributed by atoms with van der Waals surface area (Å²) in [4.78, 5) is 10.6. The molecule has 5 heteroatoms. The van der Waals surface area contributed by atoms with Crippen molar-refractivity contribution in [1.82, 2.24) is 5.32 Å². The number of benzene rings is 1. The maximum atomic E-state index is 12.8. The molecule has 1 amide bonds. The van der Waals surface area contributed by atoms with E-state index in [1.807, 2.05) is 33.8 Å². The maximum Gasteiger partial charge on any atom is 0.216 e. The Balaban J connectivity index is 0. The van der Waals surface area contributed by atoms with Crippen LogP contribution in [0.5, 0.6) is 0 Å². The van der Waals surface area contributed by atoms with Crippen molar-refractivity contribution >= 4 is 11.6 Å². The molecule has 0 aliphatic rings. The summed E-state index contributed by atoms with van der Waals surface area (Å²) in [6.45, 7) is 10.4. The lowest BCUT2D eigenvalue weighted by molar-refractivity contribution is -0.118. The number of carbonyl (C=O) groups is 1. The summed E-state index contributed by atoms with van der Waals surface area (Å²) in [5, 5.41) is 14.3. The molecule has 1 aromatic rings. The van der Waals surface area contributed by atoms with E-state index in [0.717, 1.165) is 0 Å². The van der Waals surface area contributed by atoms with Crippen LogP contribution in [0.15, 0.2) is 18.2 Å². The first-order valence-corrected chi connectivity index (χ1v) is 6.81. The van der Waals surface area contributed by atoms with Gasteiger partial charge in [0.1, 0.15) is 11.9 Å². The van der Waals surface area contributed by atoms with E-state index < -0.39 is 5.82 Å². The highest BCUT2D eigenvalue weighted by atomic mass is 19.1. The molecule has 0 heterocycles. The molecule has 1 rings (SSSR count). The lowest BCUT2D eigenvalue weighted by atomic mass is 10.2. The van der Waals surface area contributed by atoms with Gasteiger partial charge in [0, 0.05) is 20.0 Å². The summed E-state index contributed by atoms with van der Waals surface area (Å²) in [6.07, 6.45) is 0. The summed E-state index contributed by atoms with van der Waals surface area (Å²) in [6, 6.07) is 5.84. The third kappa shape index (κ3) is 8.92. The number of amides is 1. The highest BCUT2D eigenvalue weighted by Gasteiger charge is 2.02. The molecule has 2 N–H and O–H groups in total. The number of halogens is 1. The van der Waals surface area contributed by atoms with Crippen molar-refractivity contribution in [2.75, 3.05) is 18.4 Å². The standard InChI is InChI=1S/C11H12FN3O.2C2H6/c1-8(16)14-4-5-15-11-3-2-10(12)6-9(11)7-13;2*1-2/h2-3,6,15H,4-5H2,1H3,(H,14,16);2*1-2H3. The first-order valence-electron chi connectivity index (χ1n) is 6.81. The largest absolute Gasteiger partial charge is 0.382 e. The molecule has 0 bridgehead atoms. The van der Waals surface area contributed by atoms with Gasteiger partial charge >= 0.3 is 0 Å². The molecule has 0 atom stereocenters. The summed E-state index contributed by atoms with van der Waals surface area (Å²) in [5.41, 5.74) is 0.817. The van der Waals surface area contributed by atoms with Crippen LogP contribution in [0.4, 0.5) is 10.1 Å². The lowest BCUT2D eigenvalue weighted by Crippen LogP contribution is -2.26. The van der Waals surface area contributed by atoms with Crippen molar-refractivity contribution in [2.45, 2.75) is 34.6 Å². The minimum Gasteiger partial charge on any atom is -0.382 e. The molecule has 4 nitrogen and oxygen atoms in total. The van der Waals surface area contributed by atoms with E-state index in [0.29, 0.717) is 18.8 Å². The summed E-state index contributed by atoms with van der Waals surface area (Å²) < 4.78 is 12.8. The minimum absolute atomic E-state index is 0.110. The number of anilines is 1. The number of nitriles is 1. The molecular formula is C15H24FN3O. The van der Waals surface area contributed by atoms with Gasteiger partial charge in [0.05, 0.1) is 11.3 Å². The van der Waals surface area contributed by atoms with Crippen molar-refractivity contribution in [3.63, 3.8) is 0 Å². The van der Waals surface area contributed by atoms with Crippen molar-refractivity contribution in [3.05, 3.63) is 29.6 Å². The fraction of sp³-hybridized carbons (Fsp3) is 0.467. The quantitative estimate of drug-likeness (QED) is 0.832. The Morgan fingerprint density at radius 2 is 1.85 bits per heavy atom. The van der Waals surface area contributed by atoms with Crippen LogP contribution in [0, 0.1) is 17.1 Å². The van der Waals surface area contributed by atoms with Crippen LogP contribution in [0.2, 0.25) is 0 Å². The second-order valence-corrected chi connectivity index (χ2v) is 3.21. The first-order chi connectivity index (χ1) is 9.63. The molecule has 0 aliphatic carbocycles. The number of hydrogen-bond acceptors (Lipinski definition) is 3. The Bertz CT molecular complexity index is 428. The molecule has 0 saturated carbocycles. The Hall–Kier alpha value is -2.09. The average Bonchev–Trinajstić information content (AvgIpc) is 2.48. The Kier molecular flexibility index (Phi) is 13.5. The zero-order valence-electron chi connectivity index (χ0n) is 12.9. The molecule has 0 saturated heterocycles. The van der Waals surface area contributed by atoms with Crippen LogP contribution in [0.25, 0.3) is 0 Å². The molecule has 0 unspecified atom stereocenters. The minimum atomic E-state index is -0.441. The Labute approximate surface area is 121 Å². The number of nitrogens with zero attached hydrogens (tertiary/aromatic N) is 1. The van der Waals surface area contributed by atoms with Crippen LogP contribution in [0.1, 0.15) is 40.2 Å². The van der Waals surface area contributed by atoms with Gasteiger partial charge in [0.2, 0.25) is 5.91 Å². The molecule has 0 fully saturated rings. The molecule has 0 radical (unpaired) electrons. The molecule has 112 valence electrons. The monoisotopic (exact) mass is 281 g/mol. The van der Waals surface area contributed by atoms with Gasteiger partial charge in [0.15, 0.2) is 0 Å². The van der Waals surface area contributed by atoms with Gasteiger partial charge in [-0.2, -0.15) is 5.26 Å². The zero-order valence-corrected chi connectivity index (χ0v) is 12.9. The van der Waals surface area contributed by atoms with Gasteiger partial charge in [-0.05, 0) is 18.2 Å². The van der Waals surface area contributed by atoms with Crippen molar-refractivity contribution in [3.8, 4) is 6.07 Å². The van der Waals surface area contributed by atoms with Gasteiger partial charge in [-0.1, -0.05) is 27.7 Å². The van der Waals surface area contributed by atoms with Crippen LogP contribution >= 0.6 is 0 Å². The van der Waals surface area contributed by atoms with E-state index in [1.54, 1.807) is 0 Å². The second-order valence-electron chi connectivity index (χ2n) is 3.21. The zero-order chi connectivity index (χ0) is 16.0. The van der Waals surface area contributed by atoms with Gasteiger partial charge < -0.3 is 10.6 Å². The number of hydrogen-bond donors (Lipinski definition) is 2. The molecule has 0 aliphatic heterocycles. The van der Waals surface area contributed by atoms with Crippen LogP contribution in [-0.4, -0.2) is 19.0 Å². The van der Waals surface area contributed by atoms with Gasteiger partial charge in [-0.15, -0.1) is 0 Å². The highest BCUT2D eigenvalue weighted by molar-refractivity contribution is 5.72. The van der Waals surface area contributed by atoms with Gasteiger partial charge in [-0.3, -0.25) is 4.79 Å². The first kappa shape index (κ1) is 20.2. The number of rotatable bonds is 4. The van der Waals surface area contributed by atoms with Crippen LogP contribution < -0.4 is 10.6 Å². The van der Waals surface area contributed by atoms with Crippen molar-refractivity contribution in [2.24, 2.45) is 0 Å². The summed E-state index contributed by atoms with van der Waals surface area (Å²) in [7, 11) is 0. The molecule has 20 heavy (non-hydrogen) atoms. The molecule has 0 spiro atoms. The fourth-order valence-corrected chi connectivity index (χ4v) is 1.20. The number of nitrogens with one attached hydrogen (secondary N) is 2. The van der Waals surface area contributed by atoms with E-state index in [4.69, 9.17) is 5.26 Å². The third-order valence-electron chi connectivity index (χ3n) is 1.92. The van der Waals surface area contributed by atoms with E-state index >= 15 is 0 Å². The predicted octanol–water partition coefficient (Wildman–Crippen LogP) is 3.30. The van der Waals surface area contributed by atoms with E-state index in [2.05, 4.69) is 10.6 Å². The summed E-state index contributed by atoms with van der Waals surface area (Å²) >= 11 is 0. The Morgan fingerprint density at radius 3 is 2.35 bits per heavy atom. The van der Waals surface area contributed by atoms with Crippen LogP contribution in [-0.2, 0) is 4.79 Å². The van der Waals surface area contributed by atoms with E-state index in [-0.39, 0.29) is 11.5 Å². The van der Waals surface area contributed by atoms with Crippen molar-refractivity contribution in [1.29, 1.82) is 5.26 Å². The lowest BCUT2D eigenvalue weighted by Gasteiger charge is -2.08. The average molecular weight is 281 g/mol. The maximum absolute atomic E-state index is 12.8.